The second kappa shape index (κ2) is 4.80. The zero-order valence-electron chi connectivity index (χ0n) is 10.8. The van der Waals surface area contributed by atoms with E-state index in [-0.39, 0.29) is 11.8 Å². The smallest absolute Gasteiger partial charge is 0.250 e. The molecule has 0 aliphatic carbocycles. The van der Waals surface area contributed by atoms with Gasteiger partial charge in [0.05, 0.1) is 0 Å². The van der Waals surface area contributed by atoms with Gasteiger partial charge in [0.1, 0.15) is 5.54 Å². The van der Waals surface area contributed by atoms with E-state index in [2.05, 4.69) is 5.32 Å². The Morgan fingerprint density at radius 1 is 1.28 bits per heavy atom. The summed E-state index contributed by atoms with van der Waals surface area (Å²) in [4.78, 5) is 25.8. The summed E-state index contributed by atoms with van der Waals surface area (Å²) in [5, 5.41) is 2.70. The molecule has 0 aromatic heterocycles. The zero-order chi connectivity index (χ0) is 13.2. The van der Waals surface area contributed by atoms with E-state index in [9.17, 15) is 9.59 Å². The minimum absolute atomic E-state index is 0.0556. The SMILES string of the molecule is CNC(=O)[C@]1(c2ccccc2)CCCN1C(C)=O. The van der Waals surface area contributed by atoms with Gasteiger partial charge in [0.2, 0.25) is 11.8 Å². The first-order valence-corrected chi connectivity index (χ1v) is 6.19. The number of amides is 2. The number of likely N-dealkylation sites (tertiary alicyclic amines) is 1. The topological polar surface area (TPSA) is 49.4 Å². The maximum Gasteiger partial charge on any atom is 0.250 e. The van der Waals surface area contributed by atoms with E-state index in [1.807, 2.05) is 30.3 Å². The molecule has 1 atom stereocenters. The van der Waals surface area contributed by atoms with Gasteiger partial charge in [0, 0.05) is 20.5 Å². The standard InChI is InChI=1S/C14H18N2O2/c1-11(17)16-10-6-9-14(16,13(18)15-2)12-7-4-3-5-8-12/h3-5,7-8H,6,9-10H2,1-2H3,(H,15,18)/t14-/m1/s1. The van der Waals surface area contributed by atoms with Crippen molar-refractivity contribution in [2.24, 2.45) is 0 Å². The molecule has 1 N–H and O–H groups in total. The van der Waals surface area contributed by atoms with Crippen LogP contribution in [-0.4, -0.2) is 30.3 Å². The van der Waals surface area contributed by atoms with Crippen molar-refractivity contribution < 1.29 is 9.59 Å². The molecular formula is C14H18N2O2. The van der Waals surface area contributed by atoms with Gasteiger partial charge in [-0.05, 0) is 18.4 Å². The van der Waals surface area contributed by atoms with Crippen LogP contribution in [0, 0.1) is 0 Å². The van der Waals surface area contributed by atoms with Gasteiger partial charge in [-0.25, -0.2) is 0 Å². The fourth-order valence-corrected chi connectivity index (χ4v) is 2.83. The van der Waals surface area contributed by atoms with E-state index in [4.69, 9.17) is 0 Å². The lowest BCUT2D eigenvalue weighted by atomic mass is 9.86. The molecule has 0 saturated carbocycles. The fraction of sp³-hybridized carbons (Fsp3) is 0.429. The van der Waals surface area contributed by atoms with Gasteiger partial charge in [0.25, 0.3) is 0 Å². The summed E-state index contributed by atoms with van der Waals surface area (Å²) in [5.41, 5.74) is 0.0547. The molecule has 96 valence electrons. The fourth-order valence-electron chi connectivity index (χ4n) is 2.83. The first-order chi connectivity index (χ1) is 8.63. The lowest BCUT2D eigenvalue weighted by Gasteiger charge is -2.36. The Kier molecular flexibility index (Phi) is 3.36. The molecule has 4 heteroatoms. The second-order valence-corrected chi connectivity index (χ2v) is 4.58. The zero-order valence-corrected chi connectivity index (χ0v) is 10.8. The molecule has 0 bridgehead atoms. The van der Waals surface area contributed by atoms with Crippen LogP contribution >= 0.6 is 0 Å². The molecule has 0 radical (unpaired) electrons. The third-order valence-corrected chi connectivity index (χ3v) is 3.62. The summed E-state index contributed by atoms with van der Waals surface area (Å²) in [7, 11) is 1.61. The van der Waals surface area contributed by atoms with Crippen molar-refractivity contribution in [2.75, 3.05) is 13.6 Å². The molecule has 2 amide bonds. The van der Waals surface area contributed by atoms with Gasteiger partial charge in [0.15, 0.2) is 0 Å². The number of likely N-dealkylation sites (N-methyl/N-ethyl adjacent to an activating group) is 1. The summed E-state index contributed by atoms with van der Waals surface area (Å²) in [6, 6.07) is 9.54. The van der Waals surface area contributed by atoms with Crippen LogP contribution in [0.2, 0.25) is 0 Å². The summed E-state index contributed by atoms with van der Waals surface area (Å²) in [6.45, 7) is 2.16. The molecule has 1 aliphatic heterocycles. The molecule has 0 spiro atoms. The Balaban J connectivity index is 2.54. The average molecular weight is 246 g/mol. The Bertz CT molecular complexity index is 458. The number of carbonyl (C=O) groups excluding carboxylic acids is 2. The van der Waals surface area contributed by atoms with Crippen LogP contribution in [0.3, 0.4) is 0 Å². The molecule has 1 aromatic rings. The summed E-state index contributed by atoms with van der Waals surface area (Å²) in [6.07, 6.45) is 1.53. The minimum Gasteiger partial charge on any atom is -0.357 e. The van der Waals surface area contributed by atoms with E-state index in [0.29, 0.717) is 13.0 Å². The molecule has 1 aromatic carbocycles. The summed E-state index contributed by atoms with van der Waals surface area (Å²) >= 11 is 0. The van der Waals surface area contributed by atoms with Crippen molar-refractivity contribution in [1.29, 1.82) is 0 Å². The number of hydrogen-bond acceptors (Lipinski definition) is 2. The Morgan fingerprint density at radius 3 is 2.50 bits per heavy atom. The van der Waals surface area contributed by atoms with Gasteiger partial charge in [-0.15, -0.1) is 0 Å². The van der Waals surface area contributed by atoms with E-state index in [0.717, 1.165) is 12.0 Å². The number of rotatable bonds is 2. The van der Waals surface area contributed by atoms with Crippen molar-refractivity contribution in [3.05, 3.63) is 35.9 Å². The van der Waals surface area contributed by atoms with Crippen LogP contribution in [0.25, 0.3) is 0 Å². The average Bonchev–Trinajstić information content (AvgIpc) is 2.84. The van der Waals surface area contributed by atoms with E-state index in [1.54, 1.807) is 11.9 Å². The molecule has 18 heavy (non-hydrogen) atoms. The highest BCUT2D eigenvalue weighted by Crippen LogP contribution is 2.39. The number of nitrogens with one attached hydrogen (secondary N) is 1. The highest BCUT2D eigenvalue weighted by molar-refractivity contribution is 5.92. The number of nitrogens with zero attached hydrogens (tertiary/aromatic N) is 1. The van der Waals surface area contributed by atoms with Crippen LogP contribution < -0.4 is 5.32 Å². The molecular weight excluding hydrogens is 228 g/mol. The predicted molar refractivity (Wildman–Crippen MR) is 68.8 cm³/mol. The Morgan fingerprint density at radius 2 is 1.94 bits per heavy atom. The lowest BCUT2D eigenvalue weighted by molar-refractivity contribution is -0.144. The monoisotopic (exact) mass is 246 g/mol. The maximum absolute atomic E-state index is 12.3. The number of carbonyl (C=O) groups is 2. The third-order valence-electron chi connectivity index (χ3n) is 3.62. The highest BCUT2D eigenvalue weighted by atomic mass is 16.2. The van der Waals surface area contributed by atoms with Gasteiger partial charge in [-0.2, -0.15) is 0 Å². The molecule has 1 heterocycles. The Labute approximate surface area is 107 Å². The molecule has 2 rings (SSSR count). The van der Waals surface area contributed by atoms with Crippen LogP contribution in [0.5, 0.6) is 0 Å². The Hall–Kier alpha value is -1.84. The van der Waals surface area contributed by atoms with Crippen LogP contribution in [0.4, 0.5) is 0 Å². The van der Waals surface area contributed by atoms with Crippen molar-refractivity contribution in [2.45, 2.75) is 25.3 Å². The number of benzene rings is 1. The molecule has 0 unspecified atom stereocenters. The molecule has 4 nitrogen and oxygen atoms in total. The third kappa shape index (κ3) is 1.78. The van der Waals surface area contributed by atoms with Gasteiger partial charge in [-0.1, -0.05) is 30.3 Å². The van der Waals surface area contributed by atoms with E-state index < -0.39 is 5.54 Å². The molecule has 1 aliphatic rings. The van der Waals surface area contributed by atoms with Crippen LogP contribution in [0.15, 0.2) is 30.3 Å². The van der Waals surface area contributed by atoms with Crippen molar-refractivity contribution in [3.8, 4) is 0 Å². The minimum atomic E-state index is -0.832. The van der Waals surface area contributed by atoms with Crippen molar-refractivity contribution in [1.82, 2.24) is 10.2 Å². The first kappa shape index (κ1) is 12.6. The lowest BCUT2D eigenvalue weighted by Crippen LogP contribution is -2.53. The van der Waals surface area contributed by atoms with E-state index >= 15 is 0 Å². The largest absolute Gasteiger partial charge is 0.357 e. The highest BCUT2D eigenvalue weighted by Gasteiger charge is 2.49. The summed E-state index contributed by atoms with van der Waals surface area (Å²) < 4.78 is 0. The first-order valence-electron chi connectivity index (χ1n) is 6.19. The van der Waals surface area contributed by atoms with Crippen molar-refractivity contribution >= 4 is 11.8 Å². The van der Waals surface area contributed by atoms with Crippen molar-refractivity contribution in [3.63, 3.8) is 0 Å². The van der Waals surface area contributed by atoms with E-state index in [1.165, 1.54) is 6.92 Å². The molecule has 1 saturated heterocycles. The summed E-state index contributed by atoms with van der Waals surface area (Å²) in [5.74, 6) is -0.165. The van der Waals surface area contributed by atoms with Crippen LogP contribution in [0.1, 0.15) is 25.3 Å². The van der Waals surface area contributed by atoms with Crippen LogP contribution in [-0.2, 0) is 15.1 Å². The van der Waals surface area contributed by atoms with Gasteiger partial charge in [-0.3, -0.25) is 9.59 Å². The predicted octanol–water partition coefficient (Wildman–Crippen LogP) is 1.27. The molecule has 1 fully saturated rings. The maximum atomic E-state index is 12.3. The quantitative estimate of drug-likeness (QED) is 0.854. The normalized spacial score (nSPS) is 22.9. The number of hydrogen-bond donors (Lipinski definition) is 1. The second-order valence-electron chi connectivity index (χ2n) is 4.58. The van der Waals surface area contributed by atoms with Gasteiger partial charge < -0.3 is 10.2 Å². The van der Waals surface area contributed by atoms with Gasteiger partial charge >= 0.3 is 0 Å².